The van der Waals surface area contributed by atoms with Crippen LogP contribution in [0.4, 0.5) is 24.5 Å². The third kappa shape index (κ3) is 12.8. The zero-order chi connectivity index (χ0) is 52.7. The number of thiazole rings is 1. The van der Waals surface area contributed by atoms with Crippen LogP contribution in [0.1, 0.15) is 95.5 Å². The molecule has 2 unspecified atom stereocenters. The molecule has 7 rings (SSSR count). The van der Waals surface area contributed by atoms with Gasteiger partial charge < -0.3 is 29.9 Å². The molecule has 2 aliphatic heterocycles. The highest BCUT2D eigenvalue weighted by Gasteiger charge is 2.51. The normalized spacial score (nSPS) is 16.1. The van der Waals surface area contributed by atoms with Crippen LogP contribution in [-0.2, 0) is 36.6 Å². The highest BCUT2D eigenvalue weighted by Crippen LogP contribution is 2.40. The lowest BCUT2D eigenvalue weighted by Gasteiger charge is -2.35. The molecule has 2 N–H and O–H groups in total. The van der Waals surface area contributed by atoms with Crippen molar-refractivity contribution in [3.8, 4) is 33.4 Å². The molecular formula is C55H60F3N7O6S2. The minimum Gasteiger partial charge on any atom is -0.494 e. The standard InChI is InChI=1S/C55H60F3N7O6S2/c1-35-47(73-34-61-35)39-14-12-36(13-15-39)33-60-49(67)45-11-10-27-63(45)50(68)48(53(2,3)4)62-46(66)26-30-70-28-8-7-9-29-71-43-24-19-38(20-25-43)37-16-21-41(22-17-37)65-52(72)64(51(69)54(65,5)6)42-23-18-40(32-59)44(31-42)55(56,57)58/h12-25,31,34,45,48H,7-11,26-30,33H2,1-6H3,(H,60,67)(H,62,66). The van der Waals surface area contributed by atoms with Crippen molar-refractivity contribution in [1.29, 1.82) is 5.26 Å². The van der Waals surface area contributed by atoms with E-state index in [9.17, 15) is 37.6 Å². The molecule has 3 heterocycles. The average molecular weight is 1040 g/mol. The van der Waals surface area contributed by atoms with Crippen LogP contribution in [0.5, 0.6) is 5.75 Å². The molecular weight excluding hydrogens is 976 g/mol. The Morgan fingerprint density at radius 1 is 0.904 bits per heavy atom. The first-order valence-corrected chi connectivity index (χ1v) is 25.6. The molecule has 73 heavy (non-hydrogen) atoms. The fourth-order valence-corrected chi connectivity index (χ4v) is 10.3. The predicted molar refractivity (Wildman–Crippen MR) is 280 cm³/mol. The van der Waals surface area contributed by atoms with Crippen molar-refractivity contribution in [2.75, 3.05) is 36.2 Å². The maximum absolute atomic E-state index is 14.0. The van der Waals surface area contributed by atoms with Gasteiger partial charge in [-0.05, 0) is 135 Å². The lowest BCUT2D eigenvalue weighted by molar-refractivity contribution is -0.144. The third-order valence-electron chi connectivity index (χ3n) is 13.0. The molecule has 2 aliphatic rings. The van der Waals surface area contributed by atoms with Gasteiger partial charge in [0.15, 0.2) is 5.11 Å². The first kappa shape index (κ1) is 54.1. The maximum atomic E-state index is 14.0. The number of amides is 4. The zero-order valence-corrected chi connectivity index (χ0v) is 43.4. The number of carbonyl (C=O) groups excluding carboxylic acids is 4. The summed E-state index contributed by atoms with van der Waals surface area (Å²) in [7, 11) is 0. The minimum absolute atomic E-state index is 0.0180. The van der Waals surface area contributed by atoms with Gasteiger partial charge in [-0.15, -0.1) is 11.3 Å². The van der Waals surface area contributed by atoms with E-state index in [4.69, 9.17) is 21.7 Å². The predicted octanol–water partition coefficient (Wildman–Crippen LogP) is 10.4. The smallest absolute Gasteiger partial charge is 0.417 e. The number of thiocarbonyl (C=S) groups is 1. The van der Waals surface area contributed by atoms with Gasteiger partial charge in [0.25, 0.3) is 5.91 Å². The monoisotopic (exact) mass is 1040 g/mol. The summed E-state index contributed by atoms with van der Waals surface area (Å²) in [5.41, 5.74) is 3.65. The molecule has 4 amide bonds. The Hall–Kier alpha value is -6.68. The molecule has 2 atom stereocenters. The van der Waals surface area contributed by atoms with E-state index in [0.29, 0.717) is 50.6 Å². The fourth-order valence-electron chi connectivity index (χ4n) is 8.96. The lowest BCUT2D eigenvalue weighted by Crippen LogP contribution is -2.57. The van der Waals surface area contributed by atoms with E-state index in [1.165, 1.54) is 6.07 Å². The second kappa shape index (κ2) is 23.0. The summed E-state index contributed by atoms with van der Waals surface area (Å²) >= 11 is 7.27. The number of likely N-dealkylation sites (tertiary alicyclic amines) is 1. The Kier molecular flexibility index (Phi) is 17.1. The average Bonchev–Trinajstić information content (AvgIpc) is 4.07. The van der Waals surface area contributed by atoms with E-state index in [1.807, 2.05) is 93.9 Å². The Labute approximate surface area is 433 Å². The van der Waals surface area contributed by atoms with Crippen LogP contribution in [0.3, 0.4) is 0 Å². The van der Waals surface area contributed by atoms with Crippen LogP contribution in [0, 0.1) is 23.7 Å². The number of aryl methyl sites for hydroxylation is 1. The molecule has 0 radical (unpaired) electrons. The Balaban J connectivity index is 0.799. The highest BCUT2D eigenvalue weighted by atomic mass is 32.1. The number of hydrogen-bond acceptors (Lipinski definition) is 10. The molecule has 18 heteroatoms. The highest BCUT2D eigenvalue weighted by molar-refractivity contribution is 7.81. The second-order valence-corrected chi connectivity index (χ2v) is 21.0. The Morgan fingerprint density at radius 3 is 2.18 bits per heavy atom. The van der Waals surface area contributed by atoms with Crippen molar-refractivity contribution < 1.29 is 41.8 Å². The number of carbonyl (C=O) groups is 4. The lowest BCUT2D eigenvalue weighted by atomic mass is 9.85. The van der Waals surface area contributed by atoms with Crippen molar-refractivity contribution in [3.63, 3.8) is 0 Å². The first-order valence-electron chi connectivity index (χ1n) is 24.3. The summed E-state index contributed by atoms with van der Waals surface area (Å²) in [6, 6.07) is 26.2. The number of hydrogen-bond donors (Lipinski definition) is 2. The molecule has 0 bridgehead atoms. The van der Waals surface area contributed by atoms with Crippen molar-refractivity contribution >= 4 is 63.7 Å². The second-order valence-electron chi connectivity index (χ2n) is 19.7. The van der Waals surface area contributed by atoms with E-state index in [2.05, 4.69) is 15.6 Å². The number of unbranched alkanes of at least 4 members (excludes halogenated alkanes) is 2. The van der Waals surface area contributed by atoms with Gasteiger partial charge >= 0.3 is 6.18 Å². The van der Waals surface area contributed by atoms with E-state index < -0.39 is 46.2 Å². The molecule has 4 aromatic carbocycles. The quantitative estimate of drug-likeness (QED) is 0.0603. The Bertz CT molecular complexity index is 2840. The number of ether oxygens (including phenoxy) is 2. The summed E-state index contributed by atoms with van der Waals surface area (Å²) in [6.45, 7) is 12.9. The molecule has 0 aliphatic carbocycles. The molecule has 2 fully saturated rings. The summed E-state index contributed by atoms with van der Waals surface area (Å²) in [4.78, 5) is 63.8. The van der Waals surface area contributed by atoms with Gasteiger partial charge in [0.1, 0.15) is 23.4 Å². The van der Waals surface area contributed by atoms with Crippen LogP contribution in [0.2, 0.25) is 0 Å². The number of nitrogens with one attached hydrogen (secondary N) is 2. The number of alkyl halides is 3. The van der Waals surface area contributed by atoms with Gasteiger partial charge in [0, 0.05) is 31.8 Å². The van der Waals surface area contributed by atoms with Crippen LogP contribution < -0.4 is 25.2 Å². The molecule has 2 saturated heterocycles. The van der Waals surface area contributed by atoms with Gasteiger partial charge in [0.2, 0.25) is 17.7 Å². The number of rotatable bonds is 19. The number of nitriles is 1. The molecule has 384 valence electrons. The largest absolute Gasteiger partial charge is 0.494 e. The van der Waals surface area contributed by atoms with Gasteiger partial charge in [-0.25, -0.2) is 4.98 Å². The Morgan fingerprint density at radius 2 is 1.55 bits per heavy atom. The summed E-state index contributed by atoms with van der Waals surface area (Å²) in [6.07, 6.45) is -1.03. The summed E-state index contributed by atoms with van der Waals surface area (Å²) < 4.78 is 53.0. The van der Waals surface area contributed by atoms with Crippen LogP contribution in [-0.4, -0.2) is 82.6 Å². The first-order chi connectivity index (χ1) is 34.7. The summed E-state index contributed by atoms with van der Waals surface area (Å²) in [5.74, 6) is -0.566. The van der Waals surface area contributed by atoms with Crippen molar-refractivity contribution in [1.82, 2.24) is 20.5 Å². The van der Waals surface area contributed by atoms with E-state index >= 15 is 0 Å². The third-order valence-corrected chi connectivity index (χ3v) is 14.4. The minimum atomic E-state index is -4.79. The summed E-state index contributed by atoms with van der Waals surface area (Å²) in [5, 5.41) is 15.2. The van der Waals surface area contributed by atoms with Crippen molar-refractivity contribution in [2.45, 2.75) is 110 Å². The number of nitrogens with zero attached hydrogens (tertiary/aromatic N) is 5. The zero-order valence-electron chi connectivity index (χ0n) is 41.8. The van der Waals surface area contributed by atoms with Gasteiger partial charge in [-0.1, -0.05) is 69.3 Å². The van der Waals surface area contributed by atoms with Crippen molar-refractivity contribution in [3.05, 3.63) is 119 Å². The number of benzene rings is 4. The van der Waals surface area contributed by atoms with Crippen LogP contribution in [0.15, 0.2) is 96.5 Å². The molecule has 5 aromatic rings. The topological polar surface area (TPSA) is 157 Å². The van der Waals surface area contributed by atoms with Crippen molar-refractivity contribution in [2.24, 2.45) is 5.41 Å². The maximum Gasteiger partial charge on any atom is 0.417 e. The van der Waals surface area contributed by atoms with Crippen LogP contribution >= 0.6 is 23.6 Å². The molecule has 0 spiro atoms. The van der Waals surface area contributed by atoms with E-state index in [1.54, 1.807) is 53.2 Å². The SMILES string of the molecule is Cc1ncsc1-c1ccc(CNC(=O)C2CCCN2C(=O)C(NC(=O)CCOCCCCCOc2ccc(-c3ccc(N4C(=S)N(c5ccc(C#N)c(C(F)(F)F)c5)C(=O)C4(C)C)cc3)cc2)C(C)(C)C)cc1. The molecule has 0 saturated carbocycles. The molecule has 1 aromatic heterocycles. The van der Waals surface area contributed by atoms with Gasteiger partial charge in [0.05, 0.1) is 52.2 Å². The van der Waals surface area contributed by atoms with Crippen LogP contribution in [0.25, 0.3) is 21.6 Å². The fraction of sp³-hybridized carbons (Fsp3) is 0.400. The molecule has 13 nitrogen and oxygen atoms in total. The van der Waals surface area contributed by atoms with E-state index in [-0.39, 0.29) is 41.5 Å². The number of aromatic nitrogens is 1. The van der Waals surface area contributed by atoms with Gasteiger partial charge in [-0.3, -0.25) is 24.1 Å². The van der Waals surface area contributed by atoms with Gasteiger partial charge in [-0.2, -0.15) is 18.4 Å². The number of halogens is 3. The van der Waals surface area contributed by atoms with E-state index in [0.717, 1.165) is 69.1 Å². The number of anilines is 2.